The lowest BCUT2D eigenvalue weighted by Crippen LogP contribution is -2.27. The zero-order valence-corrected chi connectivity index (χ0v) is 10.1. The molecule has 1 aliphatic carbocycles. The van der Waals surface area contributed by atoms with E-state index in [9.17, 15) is 4.79 Å². The van der Waals surface area contributed by atoms with Crippen molar-refractivity contribution >= 4 is 23.4 Å². The summed E-state index contributed by atoms with van der Waals surface area (Å²) in [5.74, 6) is 0.552. The first kappa shape index (κ1) is 11.3. The number of hydrogen-bond donors (Lipinski definition) is 2. The van der Waals surface area contributed by atoms with Crippen molar-refractivity contribution in [2.75, 3.05) is 11.5 Å². The molecule has 16 heavy (non-hydrogen) atoms. The van der Waals surface area contributed by atoms with Crippen LogP contribution in [0.3, 0.4) is 0 Å². The van der Waals surface area contributed by atoms with Crippen LogP contribution >= 0.6 is 11.8 Å². The summed E-state index contributed by atoms with van der Waals surface area (Å²) in [6, 6.07) is 6.35. The molecule has 2 rings (SSSR count). The summed E-state index contributed by atoms with van der Waals surface area (Å²) in [5, 5.41) is 2.95. The van der Waals surface area contributed by atoms with E-state index in [1.165, 1.54) is 11.8 Å². The fraction of sp³-hybridized carbons (Fsp3) is 0.417. The van der Waals surface area contributed by atoms with Gasteiger partial charge in [-0.25, -0.2) is 0 Å². The molecule has 0 bridgehead atoms. The molecular formula is C12H16N2OS. The van der Waals surface area contributed by atoms with Crippen LogP contribution in [0.15, 0.2) is 23.1 Å². The molecule has 0 unspecified atom stereocenters. The van der Waals surface area contributed by atoms with E-state index >= 15 is 0 Å². The van der Waals surface area contributed by atoms with Crippen molar-refractivity contribution in [1.82, 2.24) is 5.32 Å². The molecule has 1 fully saturated rings. The molecule has 1 aromatic rings. The molecule has 86 valence electrons. The maximum Gasteiger partial charge on any atom is 0.230 e. The van der Waals surface area contributed by atoms with Crippen LogP contribution in [0.1, 0.15) is 18.4 Å². The normalized spacial score (nSPS) is 14.8. The molecule has 1 aromatic carbocycles. The maximum atomic E-state index is 11.5. The number of thioether (sulfide) groups is 1. The Morgan fingerprint density at radius 1 is 1.56 bits per heavy atom. The summed E-state index contributed by atoms with van der Waals surface area (Å²) >= 11 is 1.50. The minimum Gasteiger partial charge on any atom is -0.398 e. The molecular weight excluding hydrogens is 220 g/mol. The molecule has 0 spiro atoms. The first-order valence-corrected chi connectivity index (χ1v) is 6.42. The smallest absolute Gasteiger partial charge is 0.230 e. The highest BCUT2D eigenvalue weighted by Gasteiger charge is 2.23. The van der Waals surface area contributed by atoms with Crippen molar-refractivity contribution in [2.45, 2.75) is 30.7 Å². The highest BCUT2D eigenvalue weighted by molar-refractivity contribution is 8.00. The Kier molecular flexibility index (Phi) is 3.39. The van der Waals surface area contributed by atoms with E-state index in [0.717, 1.165) is 29.0 Å². The second-order valence-electron chi connectivity index (χ2n) is 4.17. The van der Waals surface area contributed by atoms with Gasteiger partial charge in [0.25, 0.3) is 0 Å². The fourth-order valence-corrected chi connectivity index (χ4v) is 2.20. The predicted octanol–water partition coefficient (Wildman–Crippen LogP) is 1.95. The van der Waals surface area contributed by atoms with Crippen LogP contribution in [0.25, 0.3) is 0 Å². The number of nitrogen functional groups attached to an aromatic ring is 1. The fourth-order valence-electron chi connectivity index (χ4n) is 1.44. The van der Waals surface area contributed by atoms with E-state index in [1.807, 2.05) is 25.1 Å². The average molecular weight is 236 g/mol. The van der Waals surface area contributed by atoms with Crippen LogP contribution in [0.2, 0.25) is 0 Å². The molecule has 0 heterocycles. The lowest BCUT2D eigenvalue weighted by molar-refractivity contribution is -0.118. The SMILES string of the molecule is Cc1ccc(SCC(=O)NC2CC2)c(N)c1. The first-order valence-electron chi connectivity index (χ1n) is 5.43. The molecule has 4 heteroatoms. The zero-order chi connectivity index (χ0) is 11.5. The molecule has 3 N–H and O–H groups in total. The van der Waals surface area contributed by atoms with Gasteiger partial charge in [0.2, 0.25) is 5.91 Å². The van der Waals surface area contributed by atoms with Crippen LogP contribution < -0.4 is 11.1 Å². The third kappa shape index (κ3) is 3.17. The lowest BCUT2D eigenvalue weighted by Gasteiger charge is -2.06. The number of carbonyl (C=O) groups is 1. The van der Waals surface area contributed by atoms with Gasteiger partial charge in [0.15, 0.2) is 0 Å². The van der Waals surface area contributed by atoms with E-state index in [2.05, 4.69) is 5.32 Å². The number of nitrogens with one attached hydrogen (secondary N) is 1. The molecule has 0 atom stereocenters. The summed E-state index contributed by atoms with van der Waals surface area (Å²) in [5.41, 5.74) is 7.77. The molecule has 0 radical (unpaired) electrons. The van der Waals surface area contributed by atoms with Gasteiger partial charge in [-0.15, -0.1) is 11.8 Å². The number of amides is 1. The summed E-state index contributed by atoms with van der Waals surface area (Å²) in [6.45, 7) is 2.00. The number of nitrogens with two attached hydrogens (primary N) is 1. The van der Waals surface area contributed by atoms with Gasteiger partial charge < -0.3 is 11.1 Å². The number of rotatable bonds is 4. The summed E-state index contributed by atoms with van der Waals surface area (Å²) in [4.78, 5) is 12.5. The van der Waals surface area contributed by atoms with E-state index in [4.69, 9.17) is 5.73 Å². The standard InChI is InChI=1S/C12H16N2OS/c1-8-2-5-11(10(13)6-8)16-7-12(15)14-9-3-4-9/h2,5-6,9H,3-4,7,13H2,1H3,(H,14,15). The Morgan fingerprint density at radius 2 is 2.31 bits per heavy atom. The van der Waals surface area contributed by atoms with Gasteiger partial charge in [0.05, 0.1) is 5.75 Å². The molecule has 1 saturated carbocycles. The molecule has 0 aliphatic heterocycles. The number of carbonyl (C=O) groups excluding carboxylic acids is 1. The number of aryl methyl sites for hydroxylation is 1. The lowest BCUT2D eigenvalue weighted by atomic mass is 10.2. The minimum atomic E-state index is 0.104. The summed E-state index contributed by atoms with van der Waals surface area (Å²) < 4.78 is 0. The minimum absolute atomic E-state index is 0.104. The maximum absolute atomic E-state index is 11.5. The Labute approximate surface area is 99.8 Å². The summed E-state index contributed by atoms with van der Waals surface area (Å²) in [7, 11) is 0. The second-order valence-corrected chi connectivity index (χ2v) is 5.19. The first-order chi connectivity index (χ1) is 7.65. The van der Waals surface area contributed by atoms with Crippen molar-refractivity contribution in [3.8, 4) is 0 Å². The van der Waals surface area contributed by atoms with Gasteiger partial charge in [-0.3, -0.25) is 4.79 Å². The van der Waals surface area contributed by atoms with Gasteiger partial charge in [-0.1, -0.05) is 6.07 Å². The van der Waals surface area contributed by atoms with Crippen LogP contribution in [0.4, 0.5) is 5.69 Å². The van der Waals surface area contributed by atoms with Crippen LogP contribution in [0.5, 0.6) is 0 Å². The largest absolute Gasteiger partial charge is 0.398 e. The van der Waals surface area contributed by atoms with E-state index < -0.39 is 0 Å². The quantitative estimate of drug-likeness (QED) is 0.620. The van der Waals surface area contributed by atoms with Crippen molar-refractivity contribution in [3.05, 3.63) is 23.8 Å². The average Bonchev–Trinajstić information content (AvgIpc) is 3.00. The van der Waals surface area contributed by atoms with Gasteiger partial charge in [-0.05, 0) is 37.5 Å². The second kappa shape index (κ2) is 4.78. The highest BCUT2D eigenvalue weighted by Crippen LogP contribution is 2.26. The van der Waals surface area contributed by atoms with E-state index in [-0.39, 0.29) is 5.91 Å². The molecule has 1 aliphatic rings. The van der Waals surface area contributed by atoms with Gasteiger partial charge in [-0.2, -0.15) is 0 Å². The van der Waals surface area contributed by atoms with Crippen molar-refractivity contribution < 1.29 is 4.79 Å². The number of benzene rings is 1. The van der Waals surface area contributed by atoms with Gasteiger partial charge in [0, 0.05) is 16.6 Å². The summed E-state index contributed by atoms with van der Waals surface area (Å²) in [6.07, 6.45) is 2.26. The van der Waals surface area contributed by atoms with E-state index in [0.29, 0.717) is 11.8 Å². The molecule has 0 aromatic heterocycles. The Morgan fingerprint density at radius 3 is 2.94 bits per heavy atom. The predicted molar refractivity (Wildman–Crippen MR) is 67.5 cm³/mol. The van der Waals surface area contributed by atoms with Crippen LogP contribution in [0, 0.1) is 6.92 Å². The Hall–Kier alpha value is -1.16. The molecule has 0 saturated heterocycles. The number of hydrogen-bond acceptors (Lipinski definition) is 3. The van der Waals surface area contributed by atoms with Gasteiger partial charge >= 0.3 is 0 Å². The van der Waals surface area contributed by atoms with Crippen LogP contribution in [-0.2, 0) is 4.79 Å². The third-order valence-electron chi connectivity index (χ3n) is 2.47. The third-order valence-corrected chi connectivity index (χ3v) is 3.56. The Bertz CT molecular complexity index is 402. The molecule has 1 amide bonds. The monoisotopic (exact) mass is 236 g/mol. The van der Waals surface area contributed by atoms with Crippen molar-refractivity contribution in [1.29, 1.82) is 0 Å². The van der Waals surface area contributed by atoms with Gasteiger partial charge in [0.1, 0.15) is 0 Å². The van der Waals surface area contributed by atoms with Crippen molar-refractivity contribution in [2.24, 2.45) is 0 Å². The highest BCUT2D eigenvalue weighted by atomic mass is 32.2. The number of anilines is 1. The van der Waals surface area contributed by atoms with E-state index in [1.54, 1.807) is 0 Å². The van der Waals surface area contributed by atoms with Crippen LogP contribution in [-0.4, -0.2) is 17.7 Å². The van der Waals surface area contributed by atoms with Crippen molar-refractivity contribution in [3.63, 3.8) is 0 Å². The Balaban J connectivity index is 1.85. The topological polar surface area (TPSA) is 55.1 Å². The zero-order valence-electron chi connectivity index (χ0n) is 9.32. The molecule has 3 nitrogen and oxygen atoms in total.